The number of amides is 1. The molecule has 1 aromatic carbocycles. The van der Waals surface area contributed by atoms with E-state index in [4.69, 9.17) is 15.2 Å². The summed E-state index contributed by atoms with van der Waals surface area (Å²) in [6.45, 7) is 0.183. The van der Waals surface area contributed by atoms with Crippen molar-refractivity contribution in [3.05, 3.63) is 54.1 Å². The number of rotatable bonds is 16. The predicted molar refractivity (Wildman–Crippen MR) is 137 cm³/mol. The van der Waals surface area contributed by atoms with E-state index in [1.165, 1.54) is 18.2 Å². The number of aliphatic hydroxyl groups is 3. The molecular weight excluding hydrogens is 537 g/mol. The molecule has 0 aromatic heterocycles. The van der Waals surface area contributed by atoms with Crippen molar-refractivity contribution in [3.63, 3.8) is 0 Å². The molecule has 0 saturated heterocycles. The van der Waals surface area contributed by atoms with Crippen molar-refractivity contribution in [1.82, 2.24) is 10.3 Å². The van der Waals surface area contributed by atoms with Gasteiger partial charge in [0, 0.05) is 32.4 Å². The molecule has 226 valence electrons. The van der Waals surface area contributed by atoms with Crippen molar-refractivity contribution in [2.45, 2.75) is 63.0 Å². The van der Waals surface area contributed by atoms with Gasteiger partial charge < -0.3 is 25.0 Å². The highest BCUT2D eigenvalue weighted by Gasteiger charge is 2.39. The summed E-state index contributed by atoms with van der Waals surface area (Å²) < 4.78 is 43.8. The Hall–Kier alpha value is -2.52. The fourth-order valence-electron chi connectivity index (χ4n) is 4.47. The fourth-order valence-corrected chi connectivity index (χ4v) is 4.47. The number of ether oxygens (including phenoxy) is 1. The topological polar surface area (TPSA) is 143 Å². The highest BCUT2D eigenvalue weighted by Crippen LogP contribution is 2.36. The number of alkyl halides is 3. The van der Waals surface area contributed by atoms with Crippen molar-refractivity contribution < 1.29 is 53.3 Å². The van der Waals surface area contributed by atoms with Crippen LogP contribution in [0, 0.1) is 11.8 Å². The summed E-state index contributed by atoms with van der Waals surface area (Å²) in [6.07, 6.45) is 2.34. The van der Waals surface area contributed by atoms with Gasteiger partial charge >= 0.3 is 6.18 Å². The van der Waals surface area contributed by atoms with Gasteiger partial charge in [0.2, 0.25) is 5.91 Å². The van der Waals surface area contributed by atoms with Crippen LogP contribution in [0.25, 0.3) is 0 Å². The molecule has 5 N–H and O–H groups in total. The summed E-state index contributed by atoms with van der Waals surface area (Å²) in [5.41, 5.74) is -0.852. The maximum Gasteiger partial charge on any atom is 0.416 e. The smallest absolute Gasteiger partial charge is 0.416 e. The van der Waals surface area contributed by atoms with Gasteiger partial charge in [-0.25, -0.2) is 0 Å². The molecule has 1 fully saturated rings. The van der Waals surface area contributed by atoms with E-state index in [0.29, 0.717) is 38.6 Å². The zero-order valence-electron chi connectivity index (χ0n) is 22.4. The summed E-state index contributed by atoms with van der Waals surface area (Å²) in [5.74, 6) is -0.788. The van der Waals surface area contributed by atoms with Crippen LogP contribution < -0.4 is 4.74 Å². The number of allylic oxidation sites excluding steroid dienone is 2. The molecule has 0 bridgehead atoms. The number of aliphatic hydroxyl groups excluding tert-OH is 3. The van der Waals surface area contributed by atoms with E-state index in [9.17, 15) is 33.3 Å². The van der Waals surface area contributed by atoms with E-state index < -0.39 is 36.0 Å². The van der Waals surface area contributed by atoms with Crippen LogP contribution in [0.5, 0.6) is 5.75 Å². The van der Waals surface area contributed by atoms with Crippen molar-refractivity contribution in [2.75, 3.05) is 26.8 Å². The third-order valence-corrected chi connectivity index (χ3v) is 6.66. The second kappa shape index (κ2) is 16.7. The van der Waals surface area contributed by atoms with Crippen molar-refractivity contribution >= 4 is 5.91 Å². The Kier molecular flexibility index (Phi) is 14.0. The highest BCUT2D eigenvalue weighted by molar-refractivity contribution is 5.75. The summed E-state index contributed by atoms with van der Waals surface area (Å²) >= 11 is 0. The molecule has 5 atom stereocenters. The van der Waals surface area contributed by atoms with E-state index in [1.54, 1.807) is 18.0 Å². The molecule has 0 unspecified atom stereocenters. The monoisotopic (exact) mass is 576 g/mol. The maximum atomic E-state index is 12.8. The summed E-state index contributed by atoms with van der Waals surface area (Å²) in [5, 5.41) is 47.6. The Bertz CT molecular complexity index is 960. The van der Waals surface area contributed by atoms with Gasteiger partial charge in [-0.3, -0.25) is 20.0 Å². The van der Waals surface area contributed by atoms with Crippen LogP contribution in [0.1, 0.15) is 44.1 Å². The maximum absolute atomic E-state index is 12.8. The second-order valence-corrected chi connectivity index (χ2v) is 9.75. The van der Waals surface area contributed by atoms with Gasteiger partial charge in [0.25, 0.3) is 0 Å². The number of unbranched alkanes of at least 4 members (excludes halogenated alkanes) is 1. The zero-order chi connectivity index (χ0) is 29.7. The number of hydrogen-bond donors (Lipinski definition) is 5. The second-order valence-electron chi connectivity index (χ2n) is 9.75. The van der Waals surface area contributed by atoms with E-state index in [-0.39, 0.29) is 42.6 Å². The predicted octanol–water partition coefficient (Wildman–Crippen LogP) is 3.34. The van der Waals surface area contributed by atoms with Crippen molar-refractivity contribution in [3.8, 4) is 5.75 Å². The molecule has 0 heterocycles. The lowest BCUT2D eigenvalue weighted by Gasteiger charge is -2.20. The third kappa shape index (κ3) is 11.9. The van der Waals surface area contributed by atoms with Gasteiger partial charge in [0.15, 0.2) is 0 Å². The molecular formula is C27H39F3N2O8. The minimum Gasteiger partial charge on any atom is -0.491 e. The molecule has 2 rings (SSSR count). The minimum atomic E-state index is -4.50. The average molecular weight is 577 g/mol. The Morgan fingerprint density at radius 1 is 1.18 bits per heavy atom. The molecule has 40 heavy (non-hydrogen) atoms. The largest absolute Gasteiger partial charge is 0.491 e. The molecule has 0 radical (unpaired) electrons. The number of halogens is 3. The minimum absolute atomic E-state index is 0.0262. The first-order chi connectivity index (χ1) is 18.9. The van der Waals surface area contributed by atoms with Gasteiger partial charge in [-0.1, -0.05) is 30.4 Å². The SMILES string of the molecule is CN(CCCON(O)O)C(=O)CCC/C=C\C[C@@H]1[C@@H](/C=C/[C@@H](O)COc2cccc(C(F)(F)F)c2)[C@H](O)C[C@@H]1O. The molecule has 1 saturated carbocycles. The first kappa shape index (κ1) is 33.7. The number of carbonyl (C=O) groups is 1. The Balaban J connectivity index is 1.75. The van der Waals surface area contributed by atoms with Crippen LogP contribution >= 0.6 is 0 Å². The summed E-state index contributed by atoms with van der Waals surface area (Å²) in [7, 11) is 1.66. The lowest BCUT2D eigenvalue weighted by atomic mass is 9.89. The average Bonchev–Trinajstić information content (AvgIpc) is 3.16. The zero-order valence-corrected chi connectivity index (χ0v) is 22.4. The summed E-state index contributed by atoms with van der Waals surface area (Å²) in [4.78, 5) is 18.1. The lowest BCUT2D eigenvalue weighted by molar-refractivity contribution is -0.492. The standard InChI is InChI=1S/C27H39F3N2O8/c1-31(14-7-15-40-32(37)38)26(36)11-5-3-2-4-10-22-23(25(35)17-24(22)34)13-12-20(33)18-39-21-9-6-8-19(16-21)27(28,29)30/h2,4,6,8-9,12-13,16,20,22-25,33-35,37-38H,3,5,7,10-11,14-15,17-18H2,1H3/b4-2-,13-12+/t20-,22-,23-,24+,25-/m1/s1. The van der Waals surface area contributed by atoms with E-state index >= 15 is 0 Å². The van der Waals surface area contributed by atoms with Crippen molar-refractivity contribution in [1.29, 1.82) is 0 Å². The fraction of sp³-hybridized carbons (Fsp3) is 0.593. The van der Waals surface area contributed by atoms with Crippen LogP contribution in [-0.2, 0) is 15.8 Å². The van der Waals surface area contributed by atoms with E-state index in [0.717, 1.165) is 12.1 Å². The molecule has 1 aliphatic rings. The van der Waals surface area contributed by atoms with Crippen LogP contribution in [-0.4, -0.2) is 87.0 Å². The van der Waals surface area contributed by atoms with Crippen LogP contribution in [0.3, 0.4) is 0 Å². The van der Waals surface area contributed by atoms with Crippen LogP contribution in [0.15, 0.2) is 48.6 Å². The van der Waals surface area contributed by atoms with E-state index in [2.05, 4.69) is 4.84 Å². The normalized spacial score (nSPS) is 22.4. The Labute approximate surface area is 231 Å². The number of carbonyl (C=O) groups excluding carboxylic acids is 1. The molecule has 1 aromatic rings. The molecule has 1 aliphatic carbocycles. The van der Waals surface area contributed by atoms with Crippen molar-refractivity contribution in [2.24, 2.45) is 11.8 Å². The number of nitrogens with zero attached hydrogens (tertiary/aromatic N) is 2. The van der Waals surface area contributed by atoms with Gasteiger partial charge in [-0.15, -0.1) is 0 Å². The van der Waals surface area contributed by atoms with Gasteiger partial charge in [-0.2, -0.15) is 13.2 Å². The highest BCUT2D eigenvalue weighted by atomic mass is 19.4. The first-order valence-electron chi connectivity index (χ1n) is 13.1. The first-order valence-corrected chi connectivity index (χ1v) is 13.1. The van der Waals surface area contributed by atoms with Crippen LogP contribution in [0.4, 0.5) is 13.2 Å². The Morgan fingerprint density at radius 3 is 2.62 bits per heavy atom. The molecule has 0 aliphatic heterocycles. The van der Waals surface area contributed by atoms with Gasteiger partial charge in [-0.05, 0) is 49.8 Å². The molecule has 1 amide bonds. The molecule has 10 nitrogen and oxygen atoms in total. The Morgan fingerprint density at radius 2 is 1.93 bits per heavy atom. The van der Waals surface area contributed by atoms with Gasteiger partial charge in [0.1, 0.15) is 18.5 Å². The molecule has 13 heteroatoms. The number of benzene rings is 1. The van der Waals surface area contributed by atoms with E-state index in [1.807, 2.05) is 12.2 Å². The summed E-state index contributed by atoms with van der Waals surface area (Å²) in [6, 6.07) is 4.36. The lowest BCUT2D eigenvalue weighted by Crippen LogP contribution is -2.28. The third-order valence-electron chi connectivity index (χ3n) is 6.66. The quantitative estimate of drug-likeness (QED) is 0.114. The molecule has 0 spiro atoms. The van der Waals surface area contributed by atoms with Gasteiger partial charge in [0.05, 0.1) is 29.8 Å². The van der Waals surface area contributed by atoms with Crippen LogP contribution in [0.2, 0.25) is 0 Å². The number of hydrogen-bond acceptors (Lipinski definition) is 9.